The largest absolute Gasteiger partial charge is 0.494 e. The van der Waals surface area contributed by atoms with E-state index in [-0.39, 0.29) is 23.3 Å². The predicted molar refractivity (Wildman–Crippen MR) is 146 cm³/mol. The number of nitrogens with one attached hydrogen (secondary N) is 3. The fourth-order valence-corrected chi connectivity index (χ4v) is 3.65. The van der Waals surface area contributed by atoms with Gasteiger partial charge in [0.05, 0.1) is 30.7 Å². The van der Waals surface area contributed by atoms with Crippen molar-refractivity contribution in [3.8, 4) is 17.0 Å². The Labute approximate surface area is 212 Å². The third-order valence-corrected chi connectivity index (χ3v) is 5.46. The van der Waals surface area contributed by atoms with Gasteiger partial charge in [-0.1, -0.05) is 6.07 Å². The molecule has 1 aromatic carbocycles. The van der Waals surface area contributed by atoms with Gasteiger partial charge >= 0.3 is 0 Å². The van der Waals surface area contributed by atoms with Crippen LogP contribution in [0.3, 0.4) is 0 Å². The summed E-state index contributed by atoms with van der Waals surface area (Å²) in [4.78, 5) is 25.3. The van der Waals surface area contributed by atoms with Crippen LogP contribution < -0.4 is 26.4 Å². The summed E-state index contributed by atoms with van der Waals surface area (Å²) in [6.45, 7) is 1.08. The number of hydrogen-bond acceptors (Lipinski definition) is 8. The molecule has 0 saturated heterocycles. The quantitative estimate of drug-likeness (QED) is 0.257. The summed E-state index contributed by atoms with van der Waals surface area (Å²) < 4.78 is 7.51. The van der Waals surface area contributed by atoms with Crippen molar-refractivity contribution in [2.75, 3.05) is 24.3 Å². The van der Waals surface area contributed by atoms with E-state index >= 15 is 0 Å². The number of hydrogen-bond donors (Lipinski definition) is 4. The number of ether oxygens (including phenoxy) is 1. The molecule has 0 atom stereocenters. The Hall–Kier alpha value is -3.80. The molecule has 4 rings (SSSR count). The lowest BCUT2D eigenvalue weighted by Gasteiger charge is -2.22. The zero-order valence-corrected chi connectivity index (χ0v) is 21.0. The zero-order chi connectivity index (χ0) is 25.9. The van der Waals surface area contributed by atoms with Gasteiger partial charge < -0.3 is 26.4 Å². The van der Waals surface area contributed by atoms with Gasteiger partial charge in [-0.15, -0.1) is 10.2 Å². The van der Waals surface area contributed by atoms with E-state index in [0.29, 0.717) is 30.2 Å². The molecule has 11 nitrogen and oxygen atoms in total. The highest BCUT2D eigenvalue weighted by atomic mass is 16.5. The number of benzene rings is 1. The first kappa shape index (κ1) is 25.3. The van der Waals surface area contributed by atoms with Crippen LogP contribution in [0.1, 0.15) is 23.3 Å². The van der Waals surface area contributed by atoms with E-state index in [1.165, 1.54) is 0 Å². The second-order valence-corrected chi connectivity index (χ2v) is 9.72. The highest BCUT2D eigenvalue weighted by Gasteiger charge is 2.30. The minimum atomic E-state index is -0.477. The minimum absolute atomic E-state index is 0.00271. The summed E-state index contributed by atoms with van der Waals surface area (Å²) in [6, 6.07) is 9.08. The van der Waals surface area contributed by atoms with Crippen molar-refractivity contribution in [2.24, 2.45) is 11.7 Å². The van der Waals surface area contributed by atoms with Gasteiger partial charge in [-0.3, -0.25) is 14.3 Å². The van der Waals surface area contributed by atoms with Crippen molar-refractivity contribution in [3.05, 3.63) is 42.2 Å². The molecule has 1 saturated carbocycles. The van der Waals surface area contributed by atoms with Crippen LogP contribution in [0.5, 0.6) is 5.75 Å². The normalized spacial score (nSPS) is 13.2. The fraction of sp³-hybridized carbons (Fsp3) is 0.318. The first-order chi connectivity index (χ1) is 17.2. The topological polar surface area (TPSA) is 149 Å². The van der Waals surface area contributed by atoms with E-state index in [0.717, 1.165) is 24.1 Å². The first-order valence-electron chi connectivity index (χ1n) is 11.9. The van der Waals surface area contributed by atoms with E-state index in [9.17, 15) is 9.59 Å². The Morgan fingerprint density at radius 1 is 1.19 bits per heavy atom. The van der Waals surface area contributed by atoms with Crippen LogP contribution in [0, 0.1) is 5.92 Å². The third-order valence-electron chi connectivity index (χ3n) is 5.46. The van der Waals surface area contributed by atoms with Crippen molar-refractivity contribution in [2.45, 2.75) is 24.6 Å². The standard InChI is InChI=1S/C22H29B3N8O3/c1-36-19-13(14-7-9-33(32-14)10-8-26)3-2-4-15(19)27-16-11-17(28-20(34)12-5-6-12)30-31-18(16)21(35)29-22(23,24)25/h2-4,7,9,11-12H,5-6,8,10,23-26H2,1H3,(H,29,35)(H2,27,28,30,34). The molecule has 0 bridgehead atoms. The number of aromatic nitrogens is 4. The van der Waals surface area contributed by atoms with E-state index in [2.05, 4.69) is 31.2 Å². The molecular formula is C22H29B3N8O3. The maximum absolute atomic E-state index is 13.0. The number of para-hydroxylation sites is 1. The van der Waals surface area contributed by atoms with Crippen molar-refractivity contribution in [1.29, 1.82) is 0 Å². The average molecular weight is 486 g/mol. The lowest BCUT2D eigenvalue weighted by molar-refractivity contribution is -0.117. The lowest BCUT2D eigenvalue weighted by Crippen LogP contribution is -2.50. The van der Waals surface area contributed by atoms with Crippen molar-refractivity contribution < 1.29 is 14.3 Å². The molecular weight excluding hydrogens is 457 g/mol. The number of carbonyl (C=O) groups is 2. The van der Waals surface area contributed by atoms with Gasteiger partial charge in [0.1, 0.15) is 23.5 Å². The summed E-state index contributed by atoms with van der Waals surface area (Å²) in [5.41, 5.74) is 8.20. The van der Waals surface area contributed by atoms with Gasteiger partial charge in [0, 0.05) is 30.3 Å². The first-order valence-corrected chi connectivity index (χ1v) is 11.9. The molecule has 2 aromatic heterocycles. The molecule has 0 aliphatic heterocycles. The smallest absolute Gasteiger partial charge is 0.272 e. The van der Waals surface area contributed by atoms with Crippen LogP contribution in [-0.4, -0.2) is 74.2 Å². The molecule has 2 heterocycles. The molecule has 14 heteroatoms. The summed E-state index contributed by atoms with van der Waals surface area (Å²) in [5, 5.41) is 21.3. The molecule has 0 radical (unpaired) electrons. The number of methoxy groups -OCH3 is 1. The van der Waals surface area contributed by atoms with Crippen LogP contribution in [0.4, 0.5) is 17.2 Å². The molecule has 0 spiro atoms. The lowest BCUT2D eigenvalue weighted by atomic mass is 9.49. The number of rotatable bonds is 10. The number of carbonyl (C=O) groups excluding carboxylic acids is 2. The highest BCUT2D eigenvalue weighted by molar-refractivity contribution is 6.60. The van der Waals surface area contributed by atoms with Crippen LogP contribution >= 0.6 is 0 Å². The molecule has 184 valence electrons. The summed E-state index contributed by atoms with van der Waals surface area (Å²) in [6.07, 6.45) is 3.58. The van der Waals surface area contributed by atoms with Gasteiger partial charge in [-0.2, -0.15) is 5.10 Å². The zero-order valence-electron chi connectivity index (χ0n) is 21.0. The predicted octanol–water partition coefficient (Wildman–Crippen LogP) is -1.36. The Balaban J connectivity index is 1.70. The monoisotopic (exact) mass is 486 g/mol. The SMILES string of the molecule is BC(B)(B)NC(=O)c1nnc(NC(=O)C2CC2)cc1Nc1cccc(-c2ccn(CCN)n2)c1OC. The highest BCUT2D eigenvalue weighted by Crippen LogP contribution is 2.38. The summed E-state index contributed by atoms with van der Waals surface area (Å²) >= 11 is 0. The second-order valence-electron chi connectivity index (χ2n) is 9.72. The Morgan fingerprint density at radius 3 is 2.64 bits per heavy atom. The van der Waals surface area contributed by atoms with Gasteiger partial charge in [0.2, 0.25) is 5.91 Å². The number of anilines is 3. The minimum Gasteiger partial charge on any atom is -0.494 e. The Kier molecular flexibility index (Phi) is 7.34. The number of amides is 2. The van der Waals surface area contributed by atoms with E-state index in [1.807, 2.05) is 54.0 Å². The molecule has 1 fully saturated rings. The maximum Gasteiger partial charge on any atom is 0.272 e. The maximum atomic E-state index is 13.0. The molecule has 1 aliphatic carbocycles. The van der Waals surface area contributed by atoms with Crippen molar-refractivity contribution >= 4 is 52.5 Å². The molecule has 1 aliphatic rings. The van der Waals surface area contributed by atoms with E-state index in [1.54, 1.807) is 17.9 Å². The van der Waals surface area contributed by atoms with Crippen LogP contribution in [0.2, 0.25) is 0 Å². The average Bonchev–Trinajstić information content (AvgIpc) is 3.57. The fourth-order valence-electron chi connectivity index (χ4n) is 3.65. The summed E-state index contributed by atoms with van der Waals surface area (Å²) in [7, 11) is 7.21. The van der Waals surface area contributed by atoms with Crippen molar-refractivity contribution in [1.82, 2.24) is 25.3 Å². The van der Waals surface area contributed by atoms with Gasteiger partial charge in [0.15, 0.2) is 17.3 Å². The van der Waals surface area contributed by atoms with Gasteiger partial charge in [0.25, 0.3) is 5.91 Å². The molecule has 3 aromatic rings. The Morgan fingerprint density at radius 2 is 1.97 bits per heavy atom. The van der Waals surface area contributed by atoms with Gasteiger partial charge in [-0.05, 0) is 36.3 Å². The van der Waals surface area contributed by atoms with E-state index < -0.39 is 11.1 Å². The second kappa shape index (κ2) is 10.4. The molecule has 0 unspecified atom stereocenters. The van der Waals surface area contributed by atoms with Crippen LogP contribution in [0.15, 0.2) is 36.5 Å². The number of nitrogens with zero attached hydrogens (tertiary/aromatic N) is 4. The van der Waals surface area contributed by atoms with Crippen LogP contribution in [0.25, 0.3) is 11.3 Å². The van der Waals surface area contributed by atoms with Gasteiger partial charge in [-0.25, -0.2) is 0 Å². The van der Waals surface area contributed by atoms with Crippen molar-refractivity contribution in [3.63, 3.8) is 0 Å². The third kappa shape index (κ3) is 6.06. The van der Waals surface area contributed by atoms with Crippen LogP contribution in [-0.2, 0) is 11.3 Å². The summed E-state index contributed by atoms with van der Waals surface area (Å²) in [5.74, 6) is 0.307. The Bertz CT molecular complexity index is 1270. The number of nitrogens with two attached hydrogens (primary N) is 1. The molecule has 5 N–H and O–H groups in total. The van der Waals surface area contributed by atoms with E-state index in [4.69, 9.17) is 10.5 Å². The molecule has 2 amide bonds. The molecule has 36 heavy (non-hydrogen) atoms.